The average molecular weight is 245 g/mol. The molecule has 0 N–H and O–H groups in total. The molecule has 3 heteroatoms. The van der Waals surface area contributed by atoms with Gasteiger partial charge in [0.1, 0.15) is 12.1 Å². The van der Waals surface area contributed by atoms with E-state index in [-0.39, 0.29) is 18.1 Å². The quantitative estimate of drug-likeness (QED) is 0.749. The Bertz CT molecular complexity index is 445. The summed E-state index contributed by atoms with van der Waals surface area (Å²) in [6.45, 7) is 5.21. The van der Waals surface area contributed by atoms with E-state index in [1.54, 1.807) is 0 Å². The Hall–Kier alpha value is -1.35. The van der Waals surface area contributed by atoms with Crippen LogP contribution in [0.15, 0.2) is 30.3 Å². The monoisotopic (exact) mass is 245 g/mol. The zero-order valence-electron chi connectivity index (χ0n) is 10.9. The lowest BCUT2D eigenvalue weighted by molar-refractivity contribution is -0.148. The number of cyclic esters (lactones) is 1. The Balaban J connectivity index is 1.80. The number of carbonyl (C=O) groups excluding carboxylic acids is 1. The summed E-state index contributed by atoms with van der Waals surface area (Å²) in [5.74, 6) is 0.562. The van der Waals surface area contributed by atoms with E-state index in [2.05, 4.69) is 36.1 Å². The highest BCUT2D eigenvalue weighted by atomic mass is 16.6. The molecule has 96 valence electrons. The molecule has 1 aromatic carbocycles. The van der Waals surface area contributed by atoms with Crippen molar-refractivity contribution >= 4 is 5.97 Å². The highest BCUT2D eigenvalue weighted by molar-refractivity contribution is 5.78. The van der Waals surface area contributed by atoms with Crippen molar-refractivity contribution in [2.75, 3.05) is 6.54 Å². The predicted molar refractivity (Wildman–Crippen MR) is 69.0 cm³/mol. The van der Waals surface area contributed by atoms with Crippen molar-refractivity contribution in [3.05, 3.63) is 35.9 Å². The number of likely N-dealkylation sites (tertiary alicyclic amines) is 1. The molecule has 3 rings (SSSR count). The Morgan fingerprint density at radius 2 is 1.94 bits per heavy atom. The summed E-state index contributed by atoms with van der Waals surface area (Å²) in [6, 6.07) is 10.8. The van der Waals surface area contributed by atoms with E-state index in [1.165, 1.54) is 5.56 Å². The van der Waals surface area contributed by atoms with Crippen LogP contribution in [0.5, 0.6) is 0 Å². The molecular weight excluding hydrogens is 226 g/mol. The van der Waals surface area contributed by atoms with Gasteiger partial charge in [-0.15, -0.1) is 0 Å². The number of hydrogen-bond acceptors (Lipinski definition) is 3. The van der Waals surface area contributed by atoms with Crippen molar-refractivity contribution < 1.29 is 9.53 Å². The topological polar surface area (TPSA) is 29.5 Å². The van der Waals surface area contributed by atoms with E-state index in [9.17, 15) is 4.79 Å². The summed E-state index contributed by atoms with van der Waals surface area (Å²) >= 11 is 0. The molecule has 1 aromatic rings. The molecule has 0 saturated carbocycles. The predicted octanol–water partition coefficient (Wildman–Crippen LogP) is 2.38. The van der Waals surface area contributed by atoms with Crippen molar-refractivity contribution in [1.29, 1.82) is 0 Å². The van der Waals surface area contributed by atoms with Crippen molar-refractivity contribution in [2.24, 2.45) is 5.92 Å². The number of esters is 1. The van der Waals surface area contributed by atoms with Gasteiger partial charge in [0.15, 0.2) is 0 Å². The number of nitrogens with zero attached hydrogens (tertiary/aromatic N) is 1. The fraction of sp³-hybridized carbons (Fsp3) is 0.533. The molecule has 0 bridgehead atoms. The molecule has 0 unspecified atom stereocenters. The molecule has 0 spiro atoms. The molecule has 2 heterocycles. The van der Waals surface area contributed by atoms with Crippen LogP contribution in [0.4, 0.5) is 0 Å². The third-order valence-corrected chi connectivity index (χ3v) is 4.08. The Morgan fingerprint density at radius 3 is 2.50 bits per heavy atom. The van der Waals surface area contributed by atoms with Crippen molar-refractivity contribution in [3.63, 3.8) is 0 Å². The SMILES string of the molecule is C[C@@H]1C[C@H](N2C[C@H](C)[C@H]2c2ccccc2)C(=O)O1. The van der Waals surface area contributed by atoms with Gasteiger partial charge in [-0.2, -0.15) is 0 Å². The Morgan fingerprint density at radius 1 is 1.22 bits per heavy atom. The normalized spacial score (nSPS) is 36.2. The van der Waals surface area contributed by atoms with Gasteiger partial charge in [-0.3, -0.25) is 9.69 Å². The summed E-state index contributed by atoms with van der Waals surface area (Å²) < 4.78 is 5.27. The first-order chi connectivity index (χ1) is 8.66. The Labute approximate surface area is 108 Å². The van der Waals surface area contributed by atoms with Gasteiger partial charge < -0.3 is 4.74 Å². The standard InChI is InChI=1S/C15H19NO2/c1-10-9-16(13-8-11(2)18-15(13)17)14(10)12-6-4-3-5-7-12/h3-7,10-11,13-14H,8-9H2,1-2H3/t10-,11+,13-,14-/m0/s1. The van der Waals surface area contributed by atoms with E-state index < -0.39 is 0 Å². The largest absolute Gasteiger partial charge is 0.461 e. The second-order valence-corrected chi connectivity index (χ2v) is 5.53. The summed E-state index contributed by atoms with van der Waals surface area (Å²) in [6.07, 6.45) is 0.893. The highest BCUT2D eigenvalue weighted by Gasteiger charge is 2.47. The smallest absolute Gasteiger partial charge is 0.323 e. The molecule has 2 saturated heterocycles. The number of hydrogen-bond donors (Lipinski definition) is 0. The number of benzene rings is 1. The van der Waals surface area contributed by atoms with E-state index in [1.807, 2.05) is 13.0 Å². The van der Waals surface area contributed by atoms with Gasteiger partial charge in [-0.1, -0.05) is 37.3 Å². The van der Waals surface area contributed by atoms with Gasteiger partial charge in [0.2, 0.25) is 0 Å². The minimum absolute atomic E-state index is 0.0404. The van der Waals surface area contributed by atoms with Gasteiger partial charge in [-0.05, 0) is 18.4 Å². The van der Waals surface area contributed by atoms with Gasteiger partial charge in [0.25, 0.3) is 0 Å². The summed E-state index contributed by atoms with van der Waals surface area (Å²) in [5, 5.41) is 0. The summed E-state index contributed by atoms with van der Waals surface area (Å²) in [7, 11) is 0. The molecule has 18 heavy (non-hydrogen) atoms. The lowest BCUT2D eigenvalue weighted by Crippen LogP contribution is -2.54. The van der Waals surface area contributed by atoms with E-state index in [0.29, 0.717) is 12.0 Å². The molecule has 0 aliphatic carbocycles. The van der Waals surface area contributed by atoms with E-state index >= 15 is 0 Å². The molecule has 3 nitrogen and oxygen atoms in total. The van der Waals surface area contributed by atoms with Crippen LogP contribution in [-0.4, -0.2) is 29.6 Å². The number of carbonyl (C=O) groups is 1. The van der Waals surface area contributed by atoms with Crippen LogP contribution in [-0.2, 0) is 9.53 Å². The molecule has 0 amide bonds. The fourth-order valence-electron chi connectivity index (χ4n) is 3.23. The minimum Gasteiger partial charge on any atom is -0.461 e. The van der Waals surface area contributed by atoms with Crippen LogP contribution in [0, 0.1) is 5.92 Å². The first-order valence-electron chi connectivity index (χ1n) is 6.68. The van der Waals surface area contributed by atoms with Crippen molar-refractivity contribution in [1.82, 2.24) is 4.90 Å². The second kappa shape index (κ2) is 4.39. The second-order valence-electron chi connectivity index (χ2n) is 5.53. The third-order valence-electron chi connectivity index (χ3n) is 4.08. The molecule has 4 atom stereocenters. The molecule has 2 aliphatic rings. The van der Waals surface area contributed by atoms with E-state index in [0.717, 1.165) is 13.0 Å². The van der Waals surface area contributed by atoms with Crippen LogP contribution in [0.1, 0.15) is 31.9 Å². The van der Waals surface area contributed by atoms with Crippen LogP contribution in [0.3, 0.4) is 0 Å². The van der Waals surface area contributed by atoms with Crippen LogP contribution >= 0.6 is 0 Å². The highest BCUT2D eigenvalue weighted by Crippen LogP contribution is 2.42. The third kappa shape index (κ3) is 1.83. The van der Waals surface area contributed by atoms with Gasteiger partial charge >= 0.3 is 5.97 Å². The maximum absolute atomic E-state index is 11.8. The van der Waals surface area contributed by atoms with Crippen LogP contribution in [0.2, 0.25) is 0 Å². The zero-order valence-corrected chi connectivity index (χ0v) is 10.9. The van der Waals surface area contributed by atoms with Gasteiger partial charge in [0, 0.05) is 19.0 Å². The average Bonchev–Trinajstić information content (AvgIpc) is 2.66. The Kier molecular flexibility index (Phi) is 2.86. The molecule has 2 fully saturated rings. The van der Waals surface area contributed by atoms with Gasteiger partial charge in [-0.25, -0.2) is 0 Å². The molecular formula is C15H19NO2. The number of rotatable bonds is 2. The van der Waals surface area contributed by atoms with Crippen LogP contribution in [0.25, 0.3) is 0 Å². The molecule has 2 aliphatic heterocycles. The minimum atomic E-state index is -0.0460. The summed E-state index contributed by atoms with van der Waals surface area (Å²) in [5.41, 5.74) is 1.31. The molecule has 0 aromatic heterocycles. The molecule has 0 radical (unpaired) electrons. The lowest BCUT2D eigenvalue weighted by atomic mass is 9.83. The zero-order chi connectivity index (χ0) is 12.7. The first kappa shape index (κ1) is 11.7. The van der Waals surface area contributed by atoms with E-state index in [4.69, 9.17) is 4.74 Å². The van der Waals surface area contributed by atoms with Gasteiger partial charge in [0.05, 0.1) is 0 Å². The maximum atomic E-state index is 11.8. The fourth-order valence-corrected chi connectivity index (χ4v) is 3.23. The number of ether oxygens (including phenoxy) is 1. The first-order valence-corrected chi connectivity index (χ1v) is 6.68. The van der Waals surface area contributed by atoms with Crippen molar-refractivity contribution in [3.8, 4) is 0 Å². The lowest BCUT2D eigenvalue weighted by Gasteiger charge is -2.49. The van der Waals surface area contributed by atoms with Crippen LogP contribution < -0.4 is 0 Å². The summed E-state index contributed by atoms with van der Waals surface area (Å²) in [4.78, 5) is 14.1. The maximum Gasteiger partial charge on any atom is 0.323 e. The van der Waals surface area contributed by atoms with Crippen molar-refractivity contribution in [2.45, 2.75) is 38.5 Å².